The zero-order chi connectivity index (χ0) is 24.2. The summed E-state index contributed by atoms with van der Waals surface area (Å²) in [6, 6.07) is 26.8. The number of amides is 1. The summed E-state index contributed by atoms with van der Waals surface area (Å²) in [5.74, 6) is 0.558. The SMILES string of the molecule is Cc1ccc(Sc2ccc([C@@H]3[C@H](c4ccccn4)NC(=S)N3CC(=O)Nc3ccccc3)o2)cc1. The number of carbonyl (C=O) groups is 1. The molecular weight excluding hydrogens is 476 g/mol. The highest BCUT2D eigenvalue weighted by Crippen LogP contribution is 2.41. The van der Waals surface area contributed by atoms with Crippen molar-refractivity contribution in [3.8, 4) is 0 Å². The lowest BCUT2D eigenvalue weighted by Crippen LogP contribution is -2.36. The van der Waals surface area contributed by atoms with Crippen molar-refractivity contribution >= 4 is 40.7 Å². The lowest BCUT2D eigenvalue weighted by Gasteiger charge is -2.25. The first-order valence-electron chi connectivity index (χ1n) is 11.2. The van der Waals surface area contributed by atoms with E-state index in [1.54, 1.807) is 18.0 Å². The Labute approximate surface area is 213 Å². The van der Waals surface area contributed by atoms with Gasteiger partial charge in [-0.3, -0.25) is 9.78 Å². The van der Waals surface area contributed by atoms with Gasteiger partial charge in [-0.25, -0.2) is 0 Å². The average molecular weight is 501 g/mol. The first-order valence-corrected chi connectivity index (χ1v) is 12.5. The Balaban J connectivity index is 1.41. The number of pyridine rings is 1. The van der Waals surface area contributed by atoms with Crippen molar-refractivity contribution in [1.29, 1.82) is 0 Å². The Kier molecular flexibility index (Phi) is 6.83. The van der Waals surface area contributed by atoms with Crippen LogP contribution in [-0.2, 0) is 4.79 Å². The molecule has 2 aromatic carbocycles. The van der Waals surface area contributed by atoms with Crippen molar-refractivity contribution in [2.45, 2.75) is 29.0 Å². The summed E-state index contributed by atoms with van der Waals surface area (Å²) in [7, 11) is 0. The fraction of sp³-hybridized carbons (Fsp3) is 0.148. The molecule has 8 heteroatoms. The molecule has 0 radical (unpaired) electrons. The van der Waals surface area contributed by atoms with Gasteiger partial charge in [-0.1, -0.05) is 53.7 Å². The number of hydrogen-bond acceptors (Lipinski definition) is 5. The lowest BCUT2D eigenvalue weighted by molar-refractivity contribution is -0.116. The van der Waals surface area contributed by atoms with Crippen molar-refractivity contribution in [3.63, 3.8) is 0 Å². The van der Waals surface area contributed by atoms with E-state index in [-0.39, 0.29) is 24.5 Å². The summed E-state index contributed by atoms with van der Waals surface area (Å²) in [6.45, 7) is 2.14. The van der Waals surface area contributed by atoms with Crippen molar-refractivity contribution in [2.24, 2.45) is 0 Å². The zero-order valence-electron chi connectivity index (χ0n) is 19.0. The van der Waals surface area contributed by atoms with Crippen LogP contribution in [0.4, 0.5) is 5.69 Å². The molecule has 6 nitrogen and oxygen atoms in total. The minimum absolute atomic E-state index is 0.0792. The number of para-hydroxylation sites is 1. The third kappa shape index (κ3) is 5.39. The average Bonchev–Trinajstić information content (AvgIpc) is 3.46. The number of benzene rings is 2. The first kappa shape index (κ1) is 23.1. The Morgan fingerprint density at radius 2 is 1.83 bits per heavy atom. The second-order valence-electron chi connectivity index (χ2n) is 8.24. The fourth-order valence-electron chi connectivity index (χ4n) is 4.03. The topological polar surface area (TPSA) is 70.4 Å². The van der Waals surface area contributed by atoms with Crippen molar-refractivity contribution < 1.29 is 9.21 Å². The van der Waals surface area contributed by atoms with E-state index in [1.807, 2.05) is 65.6 Å². The summed E-state index contributed by atoms with van der Waals surface area (Å²) in [5.41, 5.74) is 2.78. The molecule has 0 bridgehead atoms. The van der Waals surface area contributed by atoms with Gasteiger partial charge in [0.05, 0.1) is 11.7 Å². The number of carbonyl (C=O) groups excluding carboxylic acids is 1. The smallest absolute Gasteiger partial charge is 0.244 e. The minimum Gasteiger partial charge on any atom is -0.452 e. The highest BCUT2D eigenvalue weighted by Gasteiger charge is 2.42. The maximum Gasteiger partial charge on any atom is 0.244 e. The second-order valence-corrected chi connectivity index (χ2v) is 9.71. The van der Waals surface area contributed by atoms with Crippen LogP contribution in [0.3, 0.4) is 0 Å². The Bertz CT molecular complexity index is 1310. The van der Waals surface area contributed by atoms with Gasteiger partial charge >= 0.3 is 0 Å². The number of nitrogens with zero attached hydrogens (tertiary/aromatic N) is 2. The molecule has 1 saturated heterocycles. The molecule has 0 saturated carbocycles. The number of aryl methyl sites for hydroxylation is 1. The van der Waals surface area contributed by atoms with Gasteiger partial charge in [-0.15, -0.1) is 0 Å². The van der Waals surface area contributed by atoms with Gasteiger partial charge in [0.1, 0.15) is 18.3 Å². The quantitative estimate of drug-likeness (QED) is 0.313. The van der Waals surface area contributed by atoms with Crippen LogP contribution in [0, 0.1) is 6.92 Å². The standard InChI is InChI=1S/C27H24N4O2S2/c1-18-10-12-20(13-11-18)35-24-15-14-22(33-24)26-25(21-9-5-6-16-28-21)30-27(34)31(26)17-23(32)29-19-7-3-2-4-8-19/h2-16,25-26H,17H2,1H3,(H,29,32)(H,30,34)/t25-,26+/m0/s1. The van der Waals surface area contributed by atoms with Crippen molar-refractivity contribution in [1.82, 2.24) is 15.2 Å². The normalized spacial score (nSPS) is 17.3. The number of thiocarbonyl (C=S) groups is 1. The van der Waals surface area contributed by atoms with Gasteiger partial charge in [-0.2, -0.15) is 0 Å². The molecule has 35 heavy (non-hydrogen) atoms. The van der Waals surface area contributed by atoms with Crippen LogP contribution in [0.1, 0.15) is 29.1 Å². The molecule has 4 aromatic rings. The van der Waals surface area contributed by atoms with E-state index < -0.39 is 0 Å². The molecule has 0 spiro atoms. The number of rotatable bonds is 7. The largest absolute Gasteiger partial charge is 0.452 e. The number of hydrogen-bond donors (Lipinski definition) is 2. The van der Waals surface area contributed by atoms with E-state index >= 15 is 0 Å². The number of nitrogens with one attached hydrogen (secondary N) is 2. The molecule has 176 valence electrons. The van der Waals surface area contributed by atoms with Gasteiger partial charge in [0, 0.05) is 16.8 Å². The lowest BCUT2D eigenvalue weighted by atomic mass is 10.0. The van der Waals surface area contributed by atoms with Gasteiger partial charge in [0.15, 0.2) is 10.2 Å². The van der Waals surface area contributed by atoms with Crippen LogP contribution in [0.25, 0.3) is 0 Å². The first-order chi connectivity index (χ1) is 17.1. The summed E-state index contributed by atoms with van der Waals surface area (Å²) in [5, 5.41) is 7.55. The molecule has 0 aliphatic carbocycles. The van der Waals surface area contributed by atoms with E-state index in [0.29, 0.717) is 5.11 Å². The van der Waals surface area contributed by atoms with Crippen LogP contribution in [-0.4, -0.2) is 27.4 Å². The molecule has 1 amide bonds. The summed E-state index contributed by atoms with van der Waals surface area (Å²) in [4.78, 5) is 20.4. The number of furan rings is 1. The molecule has 1 fully saturated rings. The summed E-state index contributed by atoms with van der Waals surface area (Å²) < 4.78 is 6.29. The summed E-state index contributed by atoms with van der Waals surface area (Å²) >= 11 is 7.22. The predicted octanol–water partition coefficient (Wildman–Crippen LogP) is 5.75. The monoisotopic (exact) mass is 500 g/mol. The number of aromatic nitrogens is 1. The Morgan fingerprint density at radius 1 is 1.06 bits per heavy atom. The Morgan fingerprint density at radius 3 is 2.57 bits per heavy atom. The van der Waals surface area contributed by atoms with E-state index in [4.69, 9.17) is 16.6 Å². The maximum atomic E-state index is 12.9. The number of anilines is 1. The van der Waals surface area contributed by atoms with Crippen LogP contribution in [0.5, 0.6) is 0 Å². The Hall–Kier alpha value is -3.62. The van der Waals surface area contributed by atoms with Crippen molar-refractivity contribution in [2.75, 3.05) is 11.9 Å². The summed E-state index contributed by atoms with van der Waals surface area (Å²) in [6.07, 6.45) is 1.75. The van der Waals surface area contributed by atoms with Crippen LogP contribution < -0.4 is 10.6 Å². The third-order valence-corrected chi connectivity index (χ3v) is 6.98. The van der Waals surface area contributed by atoms with E-state index in [1.165, 1.54) is 5.56 Å². The van der Waals surface area contributed by atoms with Gasteiger partial charge in [-0.05, 0) is 67.7 Å². The molecule has 2 atom stereocenters. The van der Waals surface area contributed by atoms with Crippen LogP contribution >= 0.6 is 24.0 Å². The van der Waals surface area contributed by atoms with Gasteiger partial charge in [0.2, 0.25) is 5.91 Å². The van der Waals surface area contributed by atoms with E-state index in [9.17, 15) is 4.79 Å². The molecule has 1 aliphatic rings. The molecule has 2 aromatic heterocycles. The molecule has 0 unspecified atom stereocenters. The highest BCUT2D eigenvalue weighted by molar-refractivity contribution is 7.99. The molecule has 5 rings (SSSR count). The van der Waals surface area contributed by atoms with Crippen LogP contribution in [0.15, 0.2) is 106 Å². The molecule has 1 aliphatic heterocycles. The zero-order valence-corrected chi connectivity index (χ0v) is 20.7. The minimum atomic E-state index is -0.328. The highest BCUT2D eigenvalue weighted by atomic mass is 32.2. The predicted molar refractivity (Wildman–Crippen MR) is 141 cm³/mol. The van der Waals surface area contributed by atoms with E-state index in [0.717, 1.165) is 27.1 Å². The third-order valence-electron chi connectivity index (χ3n) is 5.70. The molecule has 3 heterocycles. The van der Waals surface area contributed by atoms with Gasteiger partial charge < -0.3 is 20.0 Å². The van der Waals surface area contributed by atoms with E-state index in [2.05, 4.69) is 46.8 Å². The second kappa shape index (κ2) is 10.3. The van der Waals surface area contributed by atoms with Gasteiger partial charge in [0.25, 0.3) is 0 Å². The molecular formula is C27H24N4O2S2. The van der Waals surface area contributed by atoms with Crippen molar-refractivity contribution in [3.05, 3.63) is 108 Å². The maximum absolute atomic E-state index is 12.9. The van der Waals surface area contributed by atoms with Crippen LogP contribution in [0.2, 0.25) is 0 Å². The molecule has 2 N–H and O–H groups in total. The fourth-order valence-corrected chi connectivity index (χ4v) is 5.12.